The Morgan fingerprint density at radius 1 is 1.29 bits per heavy atom. The van der Waals surface area contributed by atoms with E-state index in [-0.39, 0.29) is 11.2 Å². The van der Waals surface area contributed by atoms with Crippen LogP contribution in [0.4, 0.5) is 0 Å². The number of nitrogens with one attached hydrogen (secondary N) is 1. The summed E-state index contributed by atoms with van der Waals surface area (Å²) in [5.41, 5.74) is 1.18. The molecule has 1 aliphatic carbocycles. The summed E-state index contributed by atoms with van der Waals surface area (Å²) in [5, 5.41) is 10.3. The van der Waals surface area contributed by atoms with Gasteiger partial charge in [-0.15, -0.1) is 0 Å². The molecule has 0 bridgehead atoms. The maximum atomic E-state index is 11.3. The summed E-state index contributed by atoms with van der Waals surface area (Å²) >= 11 is 2.89. The van der Waals surface area contributed by atoms with E-state index in [1.165, 1.54) is 0 Å². The van der Waals surface area contributed by atoms with Crippen molar-refractivity contribution in [1.82, 2.24) is 4.72 Å². The van der Waals surface area contributed by atoms with Gasteiger partial charge in [-0.2, -0.15) is 0 Å². The number of alkyl halides is 1. The summed E-state index contributed by atoms with van der Waals surface area (Å²) in [6.45, 7) is 0.0512. The average molecular weight is 320 g/mol. The lowest BCUT2D eigenvalue weighted by molar-refractivity contribution is 0.0568. The Balaban J connectivity index is 2.05. The van der Waals surface area contributed by atoms with Crippen molar-refractivity contribution in [2.24, 2.45) is 0 Å². The van der Waals surface area contributed by atoms with E-state index in [1.54, 1.807) is 0 Å². The van der Waals surface area contributed by atoms with Crippen LogP contribution in [0, 0.1) is 0 Å². The van der Waals surface area contributed by atoms with Crippen LogP contribution < -0.4 is 4.72 Å². The molecule has 0 aliphatic heterocycles. The van der Waals surface area contributed by atoms with Gasteiger partial charge in [-0.25, -0.2) is 13.1 Å². The third-order valence-corrected chi connectivity index (χ3v) is 5.60. The first-order valence-corrected chi connectivity index (χ1v) is 8.04. The maximum Gasteiger partial charge on any atom is 0.221 e. The first-order valence-electron chi connectivity index (χ1n) is 5.27. The molecular formula is C11H14BrNO3S. The molecule has 0 fully saturated rings. The second-order valence-electron chi connectivity index (χ2n) is 4.39. The zero-order valence-electron chi connectivity index (χ0n) is 9.19. The quantitative estimate of drug-likeness (QED) is 0.806. The highest BCUT2D eigenvalue weighted by atomic mass is 79.9. The lowest BCUT2D eigenvalue weighted by Crippen LogP contribution is -2.43. The van der Waals surface area contributed by atoms with Crippen LogP contribution in [0.3, 0.4) is 0 Å². The topological polar surface area (TPSA) is 66.4 Å². The van der Waals surface area contributed by atoms with Crippen molar-refractivity contribution in [3.8, 4) is 0 Å². The van der Waals surface area contributed by atoms with E-state index in [1.807, 2.05) is 24.3 Å². The van der Waals surface area contributed by atoms with Crippen molar-refractivity contribution in [3.05, 3.63) is 35.4 Å². The Hall–Kier alpha value is -0.430. The van der Waals surface area contributed by atoms with E-state index in [0.717, 1.165) is 11.1 Å². The molecule has 17 heavy (non-hydrogen) atoms. The number of aliphatic hydroxyl groups is 1. The fraction of sp³-hybridized carbons (Fsp3) is 0.455. The van der Waals surface area contributed by atoms with Gasteiger partial charge in [0.25, 0.3) is 0 Å². The third-order valence-electron chi connectivity index (χ3n) is 2.92. The minimum atomic E-state index is -3.33. The molecule has 0 spiro atoms. The Morgan fingerprint density at radius 3 is 2.29 bits per heavy atom. The number of hydrogen-bond acceptors (Lipinski definition) is 3. The summed E-state index contributed by atoms with van der Waals surface area (Å²) in [4.78, 5) is 0. The van der Waals surface area contributed by atoms with Crippen LogP contribution in [-0.2, 0) is 22.9 Å². The summed E-state index contributed by atoms with van der Waals surface area (Å²) in [6.07, 6.45) is 0.988. The lowest BCUT2D eigenvalue weighted by atomic mass is 10.0. The second-order valence-corrected chi connectivity index (χ2v) is 7.50. The average Bonchev–Trinajstić information content (AvgIpc) is 2.64. The highest BCUT2D eigenvalue weighted by molar-refractivity contribution is 9.10. The van der Waals surface area contributed by atoms with Crippen molar-refractivity contribution in [1.29, 1.82) is 0 Å². The summed E-state index contributed by atoms with van der Waals surface area (Å²) in [6, 6.07) is 7.78. The molecular weight excluding hydrogens is 306 g/mol. The molecule has 0 saturated heterocycles. The molecule has 1 aromatic carbocycles. The Labute approximate surface area is 109 Å². The zero-order valence-corrected chi connectivity index (χ0v) is 11.6. The van der Waals surface area contributed by atoms with Crippen molar-refractivity contribution in [2.75, 3.05) is 11.2 Å². The Kier molecular flexibility index (Phi) is 3.58. The SMILES string of the molecule is O=S(=O)(CBr)NCC1(O)Cc2ccccc2C1. The van der Waals surface area contributed by atoms with Crippen molar-refractivity contribution in [3.63, 3.8) is 0 Å². The predicted octanol–water partition coefficient (Wildman–Crippen LogP) is 0.788. The molecule has 0 unspecified atom stereocenters. The van der Waals surface area contributed by atoms with Crippen LogP contribution in [0.25, 0.3) is 0 Å². The molecule has 0 atom stereocenters. The first-order chi connectivity index (χ1) is 7.94. The van der Waals surface area contributed by atoms with Crippen molar-refractivity contribution >= 4 is 26.0 Å². The van der Waals surface area contributed by atoms with Crippen LogP contribution in [0.15, 0.2) is 24.3 Å². The molecule has 0 heterocycles. The molecule has 94 valence electrons. The van der Waals surface area contributed by atoms with Gasteiger partial charge in [0, 0.05) is 19.4 Å². The normalized spacial score (nSPS) is 18.0. The van der Waals surface area contributed by atoms with E-state index in [9.17, 15) is 13.5 Å². The fourth-order valence-electron chi connectivity index (χ4n) is 2.08. The highest BCUT2D eigenvalue weighted by Crippen LogP contribution is 2.29. The summed E-state index contributed by atoms with van der Waals surface area (Å²) in [5.74, 6) is 0. The van der Waals surface area contributed by atoms with Gasteiger partial charge in [0.1, 0.15) is 4.66 Å². The van der Waals surface area contributed by atoms with Crippen LogP contribution in [0.5, 0.6) is 0 Å². The van der Waals surface area contributed by atoms with E-state index in [4.69, 9.17) is 0 Å². The van der Waals surface area contributed by atoms with Gasteiger partial charge in [0.15, 0.2) is 0 Å². The molecule has 1 aromatic rings. The second kappa shape index (κ2) is 4.68. The number of sulfonamides is 1. The van der Waals surface area contributed by atoms with Crippen LogP contribution in [-0.4, -0.2) is 30.3 Å². The standard InChI is InChI=1S/C11H14BrNO3S/c12-8-17(15,16)13-7-11(14)5-9-3-1-2-4-10(9)6-11/h1-4,13-14H,5-8H2. The number of halogens is 1. The predicted molar refractivity (Wildman–Crippen MR) is 69.5 cm³/mol. The van der Waals surface area contributed by atoms with Gasteiger partial charge in [0.2, 0.25) is 10.0 Å². The highest BCUT2D eigenvalue weighted by Gasteiger charge is 2.35. The van der Waals surface area contributed by atoms with E-state index in [0.29, 0.717) is 12.8 Å². The third kappa shape index (κ3) is 3.07. The number of fused-ring (bicyclic) bond motifs is 1. The fourth-order valence-corrected chi connectivity index (χ4v) is 3.13. The monoisotopic (exact) mass is 319 g/mol. The summed E-state index contributed by atoms with van der Waals surface area (Å²) in [7, 11) is -3.33. The van der Waals surface area contributed by atoms with Crippen molar-refractivity contribution < 1.29 is 13.5 Å². The van der Waals surface area contributed by atoms with Gasteiger partial charge < -0.3 is 5.11 Å². The van der Waals surface area contributed by atoms with Gasteiger partial charge in [-0.3, -0.25) is 0 Å². The smallest absolute Gasteiger partial charge is 0.221 e. The largest absolute Gasteiger partial charge is 0.388 e. The molecule has 0 amide bonds. The Bertz CT molecular complexity index is 490. The number of hydrogen-bond donors (Lipinski definition) is 2. The van der Waals surface area contributed by atoms with Gasteiger partial charge in [-0.05, 0) is 11.1 Å². The van der Waals surface area contributed by atoms with Gasteiger partial charge in [-0.1, -0.05) is 40.2 Å². The number of benzene rings is 1. The number of rotatable bonds is 4. The van der Waals surface area contributed by atoms with E-state index in [2.05, 4.69) is 20.7 Å². The van der Waals surface area contributed by atoms with Crippen LogP contribution in [0.1, 0.15) is 11.1 Å². The maximum absolute atomic E-state index is 11.3. The minimum Gasteiger partial charge on any atom is -0.388 e. The van der Waals surface area contributed by atoms with Gasteiger partial charge in [0.05, 0.1) is 5.60 Å². The lowest BCUT2D eigenvalue weighted by Gasteiger charge is -2.22. The Morgan fingerprint density at radius 2 is 1.82 bits per heavy atom. The van der Waals surface area contributed by atoms with Crippen LogP contribution >= 0.6 is 15.9 Å². The van der Waals surface area contributed by atoms with E-state index >= 15 is 0 Å². The molecule has 0 saturated carbocycles. The van der Waals surface area contributed by atoms with Crippen LogP contribution in [0.2, 0.25) is 0 Å². The molecule has 2 rings (SSSR count). The molecule has 6 heteroatoms. The zero-order chi connectivity index (χ0) is 12.5. The molecule has 0 aromatic heterocycles. The molecule has 2 N–H and O–H groups in total. The molecule has 0 radical (unpaired) electrons. The van der Waals surface area contributed by atoms with E-state index < -0.39 is 15.6 Å². The first kappa shape index (κ1) is 13.0. The summed E-state index contributed by atoms with van der Waals surface area (Å²) < 4.78 is 24.9. The van der Waals surface area contributed by atoms with Gasteiger partial charge >= 0.3 is 0 Å². The minimum absolute atomic E-state index is 0.0512. The molecule has 1 aliphatic rings. The molecule has 4 nitrogen and oxygen atoms in total. The van der Waals surface area contributed by atoms with Crippen molar-refractivity contribution in [2.45, 2.75) is 18.4 Å².